The van der Waals surface area contributed by atoms with Crippen LogP contribution in [0.3, 0.4) is 0 Å². The number of anilines is 1. The molecular weight excluding hydrogens is 278 g/mol. The number of amides is 1. The molecular formula is C17H13N3O2. The summed E-state index contributed by atoms with van der Waals surface area (Å²) in [5.74, 6) is 0.00117. The maximum atomic E-state index is 12.1. The molecule has 0 unspecified atom stereocenters. The van der Waals surface area contributed by atoms with Crippen molar-refractivity contribution in [3.63, 3.8) is 0 Å². The van der Waals surface area contributed by atoms with E-state index in [1.54, 1.807) is 55.5 Å². The lowest BCUT2D eigenvalue weighted by Gasteiger charge is -2.15. The van der Waals surface area contributed by atoms with Crippen LogP contribution < -0.4 is 10.1 Å². The molecule has 0 fully saturated rings. The van der Waals surface area contributed by atoms with Crippen LogP contribution in [-0.2, 0) is 4.79 Å². The molecule has 0 aliphatic rings. The highest BCUT2D eigenvalue weighted by atomic mass is 16.5. The first-order valence-corrected chi connectivity index (χ1v) is 6.61. The van der Waals surface area contributed by atoms with Crippen molar-refractivity contribution in [3.8, 4) is 17.9 Å². The van der Waals surface area contributed by atoms with Crippen LogP contribution in [-0.4, -0.2) is 12.0 Å². The first kappa shape index (κ1) is 15.1. The van der Waals surface area contributed by atoms with E-state index < -0.39 is 6.10 Å². The Labute approximate surface area is 128 Å². The lowest BCUT2D eigenvalue weighted by Crippen LogP contribution is -2.30. The van der Waals surface area contributed by atoms with Crippen LogP contribution in [0.5, 0.6) is 5.75 Å². The van der Waals surface area contributed by atoms with Crippen LogP contribution in [0, 0.1) is 22.7 Å². The Balaban J connectivity index is 2.06. The van der Waals surface area contributed by atoms with Gasteiger partial charge in [0.05, 0.1) is 17.2 Å². The van der Waals surface area contributed by atoms with E-state index in [1.807, 2.05) is 12.1 Å². The molecule has 0 radical (unpaired) electrons. The van der Waals surface area contributed by atoms with Crippen LogP contribution in [0.25, 0.3) is 0 Å². The minimum Gasteiger partial charge on any atom is -0.480 e. The van der Waals surface area contributed by atoms with Crippen LogP contribution >= 0.6 is 0 Å². The van der Waals surface area contributed by atoms with E-state index in [4.69, 9.17) is 15.3 Å². The van der Waals surface area contributed by atoms with Crippen molar-refractivity contribution in [2.45, 2.75) is 13.0 Å². The largest absolute Gasteiger partial charge is 0.480 e. The number of ether oxygens (including phenoxy) is 1. The zero-order valence-electron chi connectivity index (χ0n) is 11.9. The number of para-hydroxylation sites is 1. The summed E-state index contributed by atoms with van der Waals surface area (Å²) in [6.07, 6.45) is -0.778. The number of rotatable bonds is 4. The van der Waals surface area contributed by atoms with E-state index in [2.05, 4.69) is 5.32 Å². The first-order chi connectivity index (χ1) is 10.6. The highest BCUT2D eigenvalue weighted by Crippen LogP contribution is 2.19. The fraction of sp³-hybridized carbons (Fsp3) is 0.118. The SMILES string of the molecule is C[C@H](Oc1ccccc1C#N)C(=O)Nc1cccc(C#N)c1. The topological polar surface area (TPSA) is 85.9 Å². The second-order valence-electron chi connectivity index (χ2n) is 4.55. The average molecular weight is 291 g/mol. The highest BCUT2D eigenvalue weighted by molar-refractivity contribution is 5.94. The Hall–Kier alpha value is -3.31. The van der Waals surface area contributed by atoms with Gasteiger partial charge < -0.3 is 10.1 Å². The third-order valence-electron chi connectivity index (χ3n) is 2.94. The number of nitrogens with one attached hydrogen (secondary N) is 1. The van der Waals surface area contributed by atoms with Crippen molar-refractivity contribution in [1.29, 1.82) is 10.5 Å². The fourth-order valence-electron chi connectivity index (χ4n) is 1.82. The van der Waals surface area contributed by atoms with E-state index in [9.17, 15) is 4.79 Å². The third-order valence-corrected chi connectivity index (χ3v) is 2.94. The maximum absolute atomic E-state index is 12.1. The normalized spacial score (nSPS) is 10.9. The molecule has 0 aliphatic carbocycles. The molecule has 0 saturated heterocycles. The molecule has 0 saturated carbocycles. The first-order valence-electron chi connectivity index (χ1n) is 6.61. The van der Waals surface area contributed by atoms with E-state index in [-0.39, 0.29) is 5.91 Å². The number of hydrogen-bond acceptors (Lipinski definition) is 4. The third kappa shape index (κ3) is 3.62. The predicted molar refractivity (Wildman–Crippen MR) is 81.0 cm³/mol. The molecule has 2 aromatic carbocycles. The highest BCUT2D eigenvalue weighted by Gasteiger charge is 2.16. The van der Waals surface area contributed by atoms with Gasteiger partial charge in [0.25, 0.3) is 5.91 Å². The van der Waals surface area contributed by atoms with Gasteiger partial charge in [-0.25, -0.2) is 0 Å². The Morgan fingerprint density at radius 2 is 1.91 bits per heavy atom. The molecule has 0 aromatic heterocycles. The van der Waals surface area contributed by atoms with E-state index in [0.717, 1.165) is 0 Å². The summed E-state index contributed by atoms with van der Waals surface area (Å²) in [5.41, 5.74) is 1.35. The monoisotopic (exact) mass is 291 g/mol. The summed E-state index contributed by atoms with van der Waals surface area (Å²) in [6, 6.07) is 17.3. The Bertz CT molecular complexity index is 772. The minimum atomic E-state index is -0.778. The van der Waals surface area contributed by atoms with Gasteiger partial charge in [0.2, 0.25) is 0 Å². The van der Waals surface area contributed by atoms with Crippen LogP contribution in [0.15, 0.2) is 48.5 Å². The van der Waals surface area contributed by atoms with Crippen molar-refractivity contribution in [1.82, 2.24) is 0 Å². The zero-order chi connectivity index (χ0) is 15.9. The molecule has 0 bridgehead atoms. The summed E-state index contributed by atoms with van der Waals surface area (Å²) >= 11 is 0. The van der Waals surface area contributed by atoms with Crippen molar-refractivity contribution < 1.29 is 9.53 Å². The number of nitrogens with zero attached hydrogens (tertiary/aromatic N) is 2. The summed E-state index contributed by atoms with van der Waals surface area (Å²) < 4.78 is 5.53. The fourth-order valence-corrected chi connectivity index (χ4v) is 1.82. The van der Waals surface area contributed by atoms with Crippen LogP contribution in [0.1, 0.15) is 18.1 Å². The van der Waals surface area contributed by atoms with Gasteiger partial charge in [0, 0.05) is 5.69 Å². The van der Waals surface area contributed by atoms with Gasteiger partial charge in [-0.05, 0) is 37.3 Å². The second-order valence-corrected chi connectivity index (χ2v) is 4.55. The molecule has 0 aliphatic heterocycles. The Morgan fingerprint density at radius 1 is 1.14 bits per heavy atom. The van der Waals surface area contributed by atoms with E-state index in [0.29, 0.717) is 22.6 Å². The predicted octanol–water partition coefficient (Wildman–Crippen LogP) is 2.84. The van der Waals surface area contributed by atoms with Gasteiger partial charge in [0.1, 0.15) is 11.8 Å². The summed E-state index contributed by atoms with van der Waals surface area (Å²) in [7, 11) is 0. The van der Waals surface area contributed by atoms with Gasteiger partial charge in [-0.15, -0.1) is 0 Å². The molecule has 0 heterocycles. The molecule has 108 valence electrons. The lowest BCUT2D eigenvalue weighted by atomic mass is 10.2. The number of carbonyl (C=O) groups excluding carboxylic acids is 1. The summed E-state index contributed by atoms with van der Waals surface area (Å²) in [4.78, 5) is 12.1. The van der Waals surface area contributed by atoms with Gasteiger partial charge in [-0.1, -0.05) is 18.2 Å². The Morgan fingerprint density at radius 3 is 2.64 bits per heavy atom. The lowest BCUT2D eigenvalue weighted by molar-refractivity contribution is -0.122. The molecule has 5 heteroatoms. The maximum Gasteiger partial charge on any atom is 0.265 e. The number of hydrogen-bond donors (Lipinski definition) is 1. The molecule has 1 N–H and O–H groups in total. The molecule has 5 nitrogen and oxygen atoms in total. The van der Waals surface area contributed by atoms with Crippen molar-refractivity contribution in [2.24, 2.45) is 0 Å². The molecule has 0 spiro atoms. The smallest absolute Gasteiger partial charge is 0.265 e. The number of carbonyl (C=O) groups is 1. The molecule has 1 atom stereocenters. The van der Waals surface area contributed by atoms with Gasteiger partial charge >= 0.3 is 0 Å². The average Bonchev–Trinajstić information content (AvgIpc) is 2.55. The zero-order valence-corrected chi connectivity index (χ0v) is 11.9. The minimum absolute atomic E-state index is 0.358. The van der Waals surface area contributed by atoms with Crippen molar-refractivity contribution in [2.75, 3.05) is 5.32 Å². The molecule has 2 aromatic rings. The van der Waals surface area contributed by atoms with Crippen LogP contribution in [0.2, 0.25) is 0 Å². The molecule has 1 amide bonds. The molecule has 22 heavy (non-hydrogen) atoms. The summed E-state index contributed by atoms with van der Waals surface area (Å²) in [5, 5.41) is 20.5. The number of nitriles is 2. The van der Waals surface area contributed by atoms with Crippen molar-refractivity contribution >= 4 is 11.6 Å². The quantitative estimate of drug-likeness (QED) is 0.938. The van der Waals surface area contributed by atoms with Gasteiger partial charge in [-0.2, -0.15) is 10.5 Å². The van der Waals surface area contributed by atoms with E-state index >= 15 is 0 Å². The van der Waals surface area contributed by atoms with Gasteiger partial charge in [0.15, 0.2) is 6.10 Å². The molecule has 2 rings (SSSR count). The Kier molecular flexibility index (Phi) is 4.74. The van der Waals surface area contributed by atoms with Crippen LogP contribution in [0.4, 0.5) is 5.69 Å². The number of benzene rings is 2. The standard InChI is InChI=1S/C17H13N3O2/c1-12(22-16-8-3-2-6-14(16)11-19)17(21)20-15-7-4-5-13(9-15)10-18/h2-9,12H,1H3,(H,20,21)/t12-/m0/s1. The van der Waals surface area contributed by atoms with Crippen molar-refractivity contribution in [3.05, 3.63) is 59.7 Å². The van der Waals surface area contributed by atoms with Gasteiger partial charge in [-0.3, -0.25) is 4.79 Å². The summed E-state index contributed by atoms with van der Waals surface area (Å²) in [6.45, 7) is 1.59. The van der Waals surface area contributed by atoms with E-state index in [1.165, 1.54) is 0 Å². The second kappa shape index (κ2) is 6.92.